The number of piperidine rings is 1. The Morgan fingerprint density at radius 3 is 2.14 bits per heavy atom. The van der Waals surface area contributed by atoms with Crippen LogP contribution >= 0.6 is 0 Å². The Balaban J connectivity index is 2.75. The SMILES string of the molecule is CC(=O)N1CCC(CC(=O)O)(NC(=O)OC(C)(C)C)CC1. The summed E-state index contributed by atoms with van der Waals surface area (Å²) in [6.45, 7) is 7.57. The fraction of sp³-hybridized carbons (Fsp3) is 0.786. The smallest absolute Gasteiger partial charge is 0.408 e. The van der Waals surface area contributed by atoms with Crippen molar-refractivity contribution >= 4 is 18.0 Å². The summed E-state index contributed by atoms with van der Waals surface area (Å²) < 4.78 is 5.20. The number of aliphatic carboxylic acids is 1. The van der Waals surface area contributed by atoms with Crippen LogP contribution in [0.1, 0.15) is 47.0 Å². The standard InChI is InChI=1S/C14H24N2O5/c1-10(17)16-7-5-14(6-8-16,9-11(18)19)15-12(20)21-13(2,3)4/h5-9H2,1-4H3,(H,15,20)(H,18,19). The van der Waals surface area contributed by atoms with Crippen molar-refractivity contribution in [2.45, 2.75) is 58.1 Å². The monoisotopic (exact) mass is 300 g/mol. The highest BCUT2D eigenvalue weighted by Gasteiger charge is 2.39. The summed E-state index contributed by atoms with van der Waals surface area (Å²) in [4.78, 5) is 36.0. The van der Waals surface area contributed by atoms with Gasteiger partial charge in [0.15, 0.2) is 0 Å². The number of ether oxygens (including phenoxy) is 1. The van der Waals surface area contributed by atoms with Crippen molar-refractivity contribution in [2.24, 2.45) is 0 Å². The molecule has 120 valence electrons. The average Bonchev–Trinajstić information content (AvgIpc) is 2.25. The number of rotatable bonds is 3. The molecule has 1 rings (SSSR count). The van der Waals surface area contributed by atoms with E-state index in [2.05, 4.69) is 5.32 Å². The predicted octanol–water partition coefficient (Wildman–Crippen LogP) is 1.37. The minimum absolute atomic E-state index is 0.0452. The van der Waals surface area contributed by atoms with Gasteiger partial charge >= 0.3 is 12.1 Å². The fourth-order valence-electron chi connectivity index (χ4n) is 2.41. The van der Waals surface area contributed by atoms with Gasteiger partial charge in [-0.3, -0.25) is 9.59 Å². The molecular formula is C14H24N2O5. The summed E-state index contributed by atoms with van der Waals surface area (Å²) in [5.74, 6) is -1.03. The highest BCUT2D eigenvalue weighted by molar-refractivity contribution is 5.75. The molecule has 0 aromatic heterocycles. The molecule has 1 aliphatic rings. The Labute approximate surface area is 124 Å². The van der Waals surface area contributed by atoms with Gasteiger partial charge in [0, 0.05) is 20.0 Å². The summed E-state index contributed by atoms with van der Waals surface area (Å²) in [7, 11) is 0. The Morgan fingerprint density at radius 1 is 1.24 bits per heavy atom. The van der Waals surface area contributed by atoms with Gasteiger partial charge in [-0.05, 0) is 33.6 Å². The normalized spacial score (nSPS) is 18.0. The van der Waals surface area contributed by atoms with Crippen molar-refractivity contribution in [2.75, 3.05) is 13.1 Å². The van der Waals surface area contributed by atoms with Gasteiger partial charge in [0.25, 0.3) is 0 Å². The van der Waals surface area contributed by atoms with E-state index in [9.17, 15) is 14.4 Å². The molecule has 0 aromatic rings. The van der Waals surface area contributed by atoms with Crippen LogP contribution in [0, 0.1) is 0 Å². The first-order chi connectivity index (χ1) is 9.53. The second-order valence-corrected chi connectivity index (χ2v) is 6.48. The second kappa shape index (κ2) is 6.32. The van der Waals surface area contributed by atoms with Crippen molar-refractivity contribution in [1.29, 1.82) is 0 Å². The lowest BCUT2D eigenvalue weighted by atomic mass is 9.84. The van der Waals surface area contributed by atoms with Gasteiger partial charge < -0.3 is 20.1 Å². The third-order valence-electron chi connectivity index (χ3n) is 3.42. The van der Waals surface area contributed by atoms with Gasteiger partial charge in [-0.1, -0.05) is 0 Å². The van der Waals surface area contributed by atoms with E-state index in [1.807, 2.05) is 0 Å². The maximum atomic E-state index is 11.9. The van der Waals surface area contributed by atoms with E-state index >= 15 is 0 Å². The molecule has 1 heterocycles. The van der Waals surface area contributed by atoms with Crippen molar-refractivity contribution in [3.8, 4) is 0 Å². The summed E-state index contributed by atoms with van der Waals surface area (Å²) in [5.41, 5.74) is -1.51. The van der Waals surface area contributed by atoms with Gasteiger partial charge in [-0.25, -0.2) is 4.79 Å². The van der Waals surface area contributed by atoms with Gasteiger partial charge in [-0.15, -0.1) is 0 Å². The topological polar surface area (TPSA) is 95.9 Å². The third kappa shape index (κ3) is 5.61. The first kappa shape index (κ1) is 17.3. The van der Waals surface area contributed by atoms with Crippen LogP contribution in [0.25, 0.3) is 0 Å². The van der Waals surface area contributed by atoms with E-state index in [-0.39, 0.29) is 12.3 Å². The molecule has 1 fully saturated rings. The molecule has 0 bridgehead atoms. The molecule has 1 saturated heterocycles. The van der Waals surface area contributed by atoms with Crippen LogP contribution < -0.4 is 5.32 Å². The number of alkyl carbamates (subject to hydrolysis) is 1. The molecule has 21 heavy (non-hydrogen) atoms. The molecule has 0 unspecified atom stereocenters. The lowest BCUT2D eigenvalue weighted by Crippen LogP contribution is -2.57. The van der Waals surface area contributed by atoms with Crippen LogP contribution in [0.5, 0.6) is 0 Å². The summed E-state index contributed by atoms with van der Waals surface area (Å²) in [6.07, 6.45) is -0.00570. The number of carboxylic acid groups (broad SMARTS) is 1. The van der Waals surface area contributed by atoms with Crippen LogP contribution in [0.15, 0.2) is 0 Å². The molecule has 0 aliphatic carbocycles. The van der Waals surface area contributed by atoms with Gasteiger partial charge in [0.05, 0.1) is 12.0 Å². The molecule has 0 aromatic carbocycles. The van der Waals surface area contributed by atoms with Crippen molar-refractivity contribution < 1.29 is 24.2 Å². The third-order valence-corrected chi connectivity index (χ3v) is 3.42. The van der Waals surface area contributed by atoms with E-state index in [1.165, 1.54) is 6.92 Å². The maximum absolute atomic E-state index is 11.9. The lowest BCUT2D eigenvalue weighted by Gasteiger charge is -2.41. The maximum Gasteiger partial charge on any atom is 0.408 e. The molecule has 0 spiro atoms. The highest BCUT2D eigenvalue weighted by atomic mass is 16.6. The molecule has 1 aliphatic heterocycles. The fourth-order valence-corrected chi connectivity index (χ4v) is 2.41. The highest BCUT2D eigenvalue weighted by Crippen LogP contribution is 2.26. The summed E-state index contributed by atoms with van der Waals surface area (Å²) in [6, 6.07) is 0. The quantitative estimate of drug-likeness (QED) is 0.820. The number of nitrogens with zero attached hydrogens (tertiary/aromatic N) is 1. The van der Waals surface area contributed by atoms with Crippen molar-refractivity contribution in [3.05, 3.63) is 0 Å². The Bertz CT molecular complexity index is 420. The molecule has 7 heteroatoms. The number of carbonyl (C=O) groups is 3. The van der Waals surface area contributed by atoms with E-state index < -0.39 is 23.2 Å². The van der Waals surface area contributed by atoms with Crippen LogP contribution in [0.3, 0.4) is 0 Å². The largest absolute Gasteiger partial charge is 0.481 e. The average molecular weight is 300 g/mol. The molecular weight excluding hydrogens is 276 g/mol. The number of carbonyl (C=O) groups excluding carboxylic acids is 2. The zero-order valence-corrected chi connectivity index (χ0v) is 13.1. The Hall–Kier alpha value is -1.79. The van der Waals surface area contributed by atoms with Crippen LogP contribution in [0.2, 0.25) is 0 Å². The number of likely N-dealkylation sites (tertiary alicyclic amines) is 1. The van der Waals surface area contributed by atoms with Crippen molar-refractivity contribution in [3.63, 3.8) is 0 Å². The van der Waals surface area contributed by atoms with E-state index in [4.69, 9.17) is 9.84 Å². The van der Waals surface area contributed by atoms with Gasteiger partial charge in [0.2, 0.25) is 5.91 Å². The molecule has 2 N–H and O–H groups in total. The summed E-state index contributed by atoms with van der Waals surface area (Å²) >= 11 is 0. The molecule has 0 saturated carbocycles. The number of nitrogens with one attached hydrogen (secondary N) is 1. The molecule has 0 radical (unpaired) electrons. The Morgan fingerprint density at radius 2 is 1.76 bits per heavy atom. The van der Waals surface area contributed by atoms with Gasteiger partial charge in [-0.2, -0.15) is 0 Å². The van der Waals surface area contributed by atoms with E-state index in [0.29, 0.717) is 25.9 Å². The molecule has 0 atom stereocenters. The first-order valence-corrected chi connectivity index (χ1v) is 7.01. The van der Waals surface area contributed by atoms with E-state index in [0.717, 1.165) is 0 Å². The number of amides is 2. The Kier molecular flexibility index (Phi) is 5.20. The molecule has 2 amide bonds. The predicted molar refractivity (Wildman–Crippen MR) is 75.8 cm³/mol. The zero-order valence-electron chi connectivity index (χ0n) is 13.1. The number of hydrogen-bond acceptors (Lipinski definition) is 4. The number of carboxylic acids is 1. The molecule has 7 nitrogen and oxygen atoms in total. The zero-order chi connectivity index (χ0) is 16.3. The van der Waals surface area contributed by atoms with E-state index in [1.54, 1.807) is 25.7 Å². The minimum atomic E-state index is -0.984. The summed E-state index contributed by atoms with van der Waals surface area (Å²) in [5, 5.41) is 11.8. The van der Waals surface area contributed by atoms with Crippen LogP contribution in [-0.4, -0.2) is 52.2 Å². The lowest BCUT2D eigenvalue weighted by molar-refractivity contribution is -0.139. The van der Waals surface area contributed by atoms with Gasteiger partial charge in [0.1, 0.15) is 5.60 Å². The van der Waals surface area contributed by atoms with Crippen LogP contribution in [-0.2, 0) is 14.3 Å². The first-order valence-electron chi connectivity index (χ1n) is 7.01. The second-order valence-electron chi connectivity index (χ2n) is 6.48. The van der Waals surface area contributed by atoms with Crippen LogP contribution in [0.4, 0.5) is 4.79 Å². The number of hydrogen-bond donors (Lipinski definition) is 2. The van der Waals surface area contributed by atoms with Crippen molar-refractivity contribution in [1.82, 2.24) is 10.2 Å². The minimum Gasteiger partial charge on any atom is -0.481 e.